The van der Waals surface area contributed by atoms with Crippen molar-refractivity contribution < 1.29 is 9.21 Å². The molecule has 1 saturated carbocycles. The Morgan fingerprint density at radius 3 is 3.04 bits per heavy atom. The van der Waals surface area contributed by atoms with Crippen molar-refractivity contribution in [3.63, 3.8) is 0 Å². The third-order valence-electron chi connectivity index (χ3n) is 5.69. The molecule has 3 aliphatic rings. The number of fused-ring (bicyclic) bond motifs is 3. The van der Waals surface area contributed by atoms with E-state index in [0.717, 1.165) is 30.4 Å². The van der Waals surface area contributed by atoms with Gasteiger partial charge in [-0.1, -0.05) is 36.4 Å². The first-order valence-corrected chi connectivity index (χ1v) is 9.26. The molecule has 3 N–H and O–H groups in total. The maximum atomic E-state index is 12.7. The lowest BCUT2D eigenvalue weighted by atomic mass is 9.67. The van der Waals surface area contributed by atoms with E-state index >= 15 is 0 Å². The summed E-state index contributed by atoms with van der Waals surface area (Å²) in [6.45, 7) is 0. The van der Waals surface area contributed by atoms with Crippen LogP contribution in [0.3, 0.4) is 0 Å². The van der Waals surface area contributed by atoms with E-state index in [4.69, 9.17) is 4.42 Å². The molecule has 26 heavy (non-hydrogen) atoms. The van der Waals surface area contributed by atoms with Gasteiger partial charge in [0.25, 0.3) is 6.01 Å². The number of carbonyl (C=O) groups is 1. The third-order valence-corrected chi connectivity index (χ3v) is 5.69. The first-order valence-electron chi connectivity index (χ1n) is 9.26. The van der Waals surface area contributed by atoms with Crippen molar-refractivity contribution in [1.82, 2.24) is 15.6 Å². The summed E-state index contributed by atoms with van der Waals surface area (Å²) < 4.78 is 5.80. The maximum Gasteiger partial charge on any atom is 0.297 e. The monoisotopic (exact) mass is 350 g/mol. The van der Waals surface area contributed by atoms with E-state index in [0.29, 0.717) is 18.2 Å². The fraction of sp³-hybridized carbons (Fsp3) is 0.400. The van der Waals surface area contributed by atoms with Crippen molar-refractivity contribution >= 4 is 22.9 Å². The zero-order chi connectivity index (χ0) is 17.6. The number of hydrogen-bond donors (Lipinski definition) is 3. The molecule has 0 radical (unpaired) electrons. The van der Waals surface area contributed by atoms with E-state index in [-0.39, 0.29) is 23.8 Å². The summed E-state index contributed by atoms with van der Waals surface area (Å²) in [4.78, 5) is 17.2. The number of allylic oxidation sites excluding steroid dienone is 2. The molecule has 6 nitrogen and oxygen atoms in total. The van der Waals surface area contributed by atoms with E-state index in [1.54, 1.807) is 0 Å². The summed E-state index contributed by atoms with van der Waals surface area (Å²) in [6.07, 6.45) is 11.6. The average Bonchev–Trinajstić information content (AvgIpc) is 3.04. The van der Waals surface area contributed by atoms with Crippen LogP contribution in [-0.4, -0.2) is 28.6 Å². The van der Waals surface area contributed by atoms with Crippen LogP contribution >= 0.6 is 0 Å². The highest BCUT2D eigenvalue weighted by Gasteiger charge is 2.51. The normalized spacial score (nSPS) is 33.5. The molecule has 134 valence electrons. The average molecular weight is 350 g/mol. The molecule has 0 unspecified atom stereocenters. The van der Waals surface area contributed by atoms with E-state index in [1.807, 2.05) is 36.4 Å². The van der Waals surface area contributed by atoms with Crippen LogP contribution in [0.4, 0.5) is 6.01 Å². The van der Waals surface area contributed by atoms with Crippen LogP contribution in [0.1, 0.15) is 25.7 Å². The topological polar surface area (TPSA) is 79.2 Å². The largest absolute Gasteiger partial charge is 0.424 e. The van der Waals surface area contributed by atoms with Crippen molar-refractivity contribution in [2.75, 3.05) is 5.32 Å². The molecule has 1 spiro atoms. The Morgan fingerprint density at radius 2 is 2.19 bits per heavy atom. The standard InChI is InChI=1S/C20H22N4O2/c25-15-9-6-8-14-17(15)20(11-4-1-5-12-20)24-18(21-14)23-19-22-13-7-2-3-10-16(13)26-19/h1-5,7,10-11,14,17-18,21,24H,6,8-9,12H2,(H,22,23)/t14-,17+,18+,20-/m1/s1. The minimum Gasteiger partial charge on any atom is -0.424 e. The van der Waals surface area contributed by atoms with Crippen LogP contribution < -0.4 is 16.0 Å². The molecule has 0 amide bonds. The number of benzene rings is 1. The van der Waals surface area contributed by atoms with Gasteiger partial charge in [-0.15, -0.1) is 0 Å². The molecule has 0 bridgehead atoms. The number of para-hydroxylation sites is 2. The fourth-order valence-corrected chi connectivity index (χ4v) is 4.59. The maximum absolute atomic E-state index is 12.7. The lowest BCUT2D eigenvalue weighted by Crippen LogP contribution is -2.73. The zero-order valence-electron chi connectivity index (χ0n) is 14.4. The van der Waals surface area contributed by atoms with Crippen molar-refractivity contribution in [3.8, 4) is 0 Å². The Balaban J connectivity index is 1.44. The predicted octanol–water partition coefficient (Wildman–Crippen LogP) is 2.71. The second-order valence-electron chi connectivity index (χ2n) is 7.35. The number of aromatic nitrogens is 1. The quantitative estimate of drug-likeness (QED) is 0.773. The molecular formula is C20H22N4O2. The molecular weight excluding hydrogens is 328 g/mol. The second-order valence-corrected chi connectivity index (χ2v) is 7.35. The Kier molecular flexibility index (Phi) is 3.69. The molecule has 2 fully saturated rings. The first kappa shape index (κ1) is 15.8. The van der Waals surface area contributed by atoms with Gasteiger partial charge >= 0.3 is 0 Å². The van der Waals surface area contributed by atoms with Gasteiger partial charge in [0.2, 0.25) is 0 Å². The highest BCUT2D eigenvalue weighted by Crippen LogP contribution is 2.38. The van der Waals surface area contributed by atoms with Crippen molar-refractivity contribution in [2.24, 2.45) is 5.92 Å². The Labute approximate surface area is 151 Å². The van der Waals surface area contributed by atoms with Crippen LogP contribution in [0.5, 0.6) is 0 Å². The van der Waals surface area contributed by atoms with Gasteiger partial charge in [-0.3, -0.25) is 15.4 Å². The zero-order valence-corrected chi connectivity index (χ0v) is 14.4. The van der Waals surface area contributed by atoms with Gasteiger partial charge in [-0.25, -0.2) is 0 Å². The number of carbonyl (C=O) groups excluding carboxylic acids is 1. The molecule has 6 heteroatoms. The third kappa shape index (κ3) is 2.57. The number of anilines is 1. The van der Waals surface area contributed by atoms with Gasteiger partial charge in [0.05, 0.1) is 11.5 Å². The minimum atomic E-state index is -0.355. The number of ketones is 1. The molecule has 2 heterocycles. The Morgan fingerprint density at radius 1 is 1.27 bits per heavy atom. The molecule has 4 atom stereocenters. The summed E-state index contributed by atoms with van der Waals surface area (Å²) in [5, 5.41) is 10.5. The molecule has 5 rings (SSSR count). The van der Waals surface area contributed by atoms with Crippen LogP contribution in [0.25, 0.3) is 11.1 Å². The Hall–Kier alpha value is -2.44. The van der Waals surface area contributed by atoms with Crippen molar-refractivity contribution in [2.45, 2.75) is 43.6 Å². The SMILES string of the molecule is O=C1CCC[C@H]2N[C@@H](Nc3nc4ccccc4o3)N[C@@]3(C=CC=CC3)[C@H]12. The molecule has 1 aromatic carbocycles. The molecule has 1 saturated heterocycles. The van der Waals surface area contributed by atoms with Gasteiger partial charge in [0.15, 0.2) is 5.58 Å². The van der Waals surface area contributed by atoms with Gasteiger partial charge < -0.3 is 9.73 Å². The van der Waals surface area contributed by atoms with E-state index in [9.17, 15) is 4.79 Å². The summed E-state index contributed by atoms with van der Waals surface area (Å²) >= 11 is 0. The van der Waals surface area contributed by atoms with E-state index in [2.05, 4.69) is 33.1 Å². The number of hydrogen-bond acceptors (Lipinski definition) is 6. The molecule has 1 aromatic heterocycles. The Bertz CT molecular complexity index is 869. The summed E-state index contributed by atoms with van der Waals surface area (Å²) in [5.74, 6) is 0.306. The smallest absolute Gasteiger partial charge is 0.297 e. The van der Waals surface area contributed by atoms with Gasteiger partial charge in [-0.05, 0) is 31.4 Å². The lowest BCUT2D eigenvalue weighted by Gasteiger charge is -2.52. The van der Waals surface area contributed by atoms with E-state index in [1.165, 1.54) is 0 Å². The number of nitrogens with one attached hydrogen (secondary N) is 3. The van der Waals surface area contributed by atoms with Gasteiger partial charge in [0.1, 0.15) is 17.6 Å². The van der Waals surface area contributed by atoms with E-state index < -0.39 is 0 Å². The highest BCUT2D eigenvalue weighted by atomic mass is 16.4. The summed E-state index contributed by atoms with van der Waals surface area (Å²) in [6, 6.07) is 8.33. The number of rotatable bonds is 2. The predicted molar refractivity (Wildman–Crippen MR) is 99.5 cm³/mol. The molecule has 2 aromatic rings. The van der Waals surface area contributed by atoms with Crippen LogP contribution in [-0.2, 0) is 4.79 Å². The van der Waals surface area contributed by atoms with Gasteiger partial charge in [-0.2, -0.15) is 4.98 Å². The minimum absolute atomic E-state index is 0.0425. The second kappa shape index (κ2) is 6.07. The van der Waals surface area contributed by atoms with Crippen LogP contribution in [0.15, 0.2) is 53.0 Å². The fourth-order valence-electron chi connectivity index (χ4n) is 4.59. The summed E-state index contributed by atoms with van der Waals surface area (Å²) in [5.41, 5.74) is 1.23. The number of Topliss-reactive ketones (excluding diaryl/α,β-unsaturated/α-hetero) is 1. The summed E-state index contributed by atoms with van der Waals surface area (Å²) in [7, 11) is 0. The molecule has 1 aliphatic heterocycles. The van der Waals surface area contributed by atoms with Crippen LogP contribution in [0.2, 0.25) is 0 Å². The first-order chi connectivity index (χ1) is 12.7. The number of oxazole rings is 1. The highest BCUT2D eigenvalue weighted by molar-refractivity contribution is 5.85. The lowest BCUT2D eigenvalue weighted by molar-refractivity contribution is -0.130. The molecule has 2 aliphatic carbocycles. The van der Waals surface area contributed by atoms with Crippen molar-refractivity contribution in [3.05, 3.63) is 48.6 Å². The van der Waals surface area contributed by atoms with Crippen molar-refractivity contribution in [1.29, 1.82) is 0 Å². The number of nitrogens with zero attached hydrogens (tertiary/aromatic N) is 1. The van der Waals surface area contributed by atoms with Crippen LogP contribution in [0, 0.1) is 5.92 Å². The van der Waals surface area contributed by atoms with Gasteiger partial charge in [0, 0.05) is 12.5 Å².